The van der Waals surface area contributed by atoms with E-state index in [2.05, 4.69) is 53.6 Å². The lowest BCUT2D eigenvalue weighted by molar-refractivity contribution is -0.123. The second kappa shape index (κ2) is 13.3. The number of rotatable bonds is 7. The number of guanidine groups is 1. The van der Waals surface area contributed by atoms with E-state index < -0.39 is 0 Å². The van der Waals surface area contributed by atoms with Gasteiger partial charge in [0.05, 0.1) is 12.5 Å². The number of nitrogens with one attached hydrogen (secondary N) is 2. The lowest BCUT2D eigenvalue weighted by Crippen LogP contribution is -2.45. The van der Waals surface area contributed by atoms with Crippen molar-refractivity contribution >= 4 is 35.8 Å². The predicted molar refractivity (Wildman–Crippen MR) is 138 cm³/mol. The maximum absolute atomic E-state index is 11.5. The van der Waals surface area contributed by atoms with Gasteiger partial charge < -0.3 is 16.4 Å². The van der Waals surface area contributed by atoms with Crippen molar-refractivity contribution in [3.63, 3.8) is 0 Å². The number of primary amides is 1. The number of hydrogen-bond acceptors (Lipinski definition) is 3. The molecule has 174 valence electrons. The van der Waals surface area contributed by atoms with Gasteiger partial charge in [0.2, 0.25) is 5.91 Å². The molecule has 3 rings (SSSR count). The second-order valence-electron chi connectivity index (χ2n) is 9.10. The van der Waals surface area contributed by atoms with Gasteiger partial charge in [0.1, 0.15) is 0 Å². The smallest absolute Gasteiger partial charge is 0.221 e. The zero-order chi connectivity index (χ0) is 21.3. The zero-order valence-corrected chi connectivity index (χ0v) is 21.4. The summed E-state index contributed by atoms with van der Waals surface area (Å²) >= 11 is 0. The van der Waals surface area contributed by atoms with E-state index in [1.807, 2.05) is 0 Å². The molecule has 0 bridgehead atoms. The summed E-state index contributed by atoms with van der Waals surface area (Å²) in [6.45, 7) is 8.64. The van der Waals surface area contributed by atoms with Crippen LogP contribution in [0.1, 0.15) is 63.5 Å². The minimum absolute atomic E-state index is 0. The van der Waals surface area contributed by atoms with Crippen LogP contribution in [0.25, 0.3) is 0 Å². The molecular formula is C24H40IN5O. The molecule has 1 aliphatic heterocycles. The van der Waals surface area contributed by atoms with Crippen molar-refractivity contribution in [2.75, 3.05) is 19.6 Å². The zero-order valence-electron chi connectivity index (χ0n) is 19.1. The van der Waals surface area contributed by atoms with E-state index >= 15 is 0 Å². The fraction of sp³-hybridized carbons (Fsp3) is 0.667. The van der Waals surface area contributed by atoms with Crippen LogP contribution in [-0.4, -0.2) is 42.4 Å². The Morgan fingerprint density at radius 1 is 1.23 bits per heavy atom. The monoisotopic (exact) mass is 541 g/mol. The Morgan fingerprint density at radius 3 is 2.77 bits per heavy atom. The first kappa shape index (κ1) is 25.9. The number of hydrogen-bond donors (Lipinski definition) is 3. The van der Waals surface area contributed by atoms with Crippen LogP contribution in [0.2, 0.25) is 0 Å². The Balaban J connectivity index is 0.00000341. The molecule has 1 aromatic carbocycles. The molecule has 1 saturated carbocycles. The normalized spacial score (nSPS) is 24.8. The molecule has 1 aliphatic carbocycles. The lowest BCUT2D eigenvalue weighted by atomic mass is 9.87. The number of piperidine rings is 1. The van der Waals surface area contributed by atoms with Gasteiger partial charge in [0.25, 0.3) is 0 Å². The van der Waals surface area contributed by atoms with Crippen LogP contribution in [0.15, 0.2) is 29.3 Å². The Morgan fingerprint density at radius 2 is 2.03 bits per heavy atom. The van der Waals surface area contributed by atoms with E-state index in [0.29, 0.717) is 12.6 Å². The first-order chi connectivity index (χ1) is 14.5. The van der Waals surface area contributed by atoms with Crippen LogP contribution in [0, 0.1) is 11.8 Å². The first-order valence-corrected chi connectivity index (χ1v) is 11.7. The minimum Gasteiger partial charge on any atom is -0.369 e. The molecule has 1 heterocycles. The molecule has 7 heteroatoms. The van der Waals surface area contributed by atoms with Gasteiger partial charge in [-0.2, -0.15) is 0 Å². The van der Waals surface area contributed by atoms with Crippen LogP contribution >= 0.6 is 24.0 Å². The highest BCUT2D eigenvalue weighted by Gasteiger charge is 2.24. The number of carbonyl (C=O) groups excluding carboxylic acids is 1. The van der Waals surface area contributed by atoms with Crippen LogP contribution < -0.4 is 16.4 Å². The number of aliphatic imine (C=N–C) groups is 1. The van der Waals surface area contributed by atoms with Gasteiger partial charge >= 0.3 is 0 Å². The van der Waals surface area contributed by atoms with Gasteiger partial charge in [0, 0.05) is 25.7 Å². The minimum atomic E-state index is -0.168. The second-order valence-corrected chi connectivity index (χ2v) is 9.10. The van der Waals surface area contributed by atoms with Gasteiger partial charge in [-0.1, -0.05) is 44.0 Å². The summed E-state index contributed by atoms with van der Waals surface area (Å²) in [6, 6.07) is 9.17. The van der Waals surface area contributed by atoms with Crippen molar-refractivity contribution in [1.82, 2.24) is 15.5 Å². The van der Waals surface area contributed by atoms with Gasteiger partial charge in [-0.3, -0.25) is 9.69 Å². The third kappa shape index (κ3) is 8.60. The molecule has 1 aromatic rings. The highest BCUT2D eigenvalue weighted by Crippen LogP contribution is 2.23. The molecule has 1 amide bonds. The molecule has 0 spiro atoms. The fourth-order valence-electron chi connectivity index (χ4n) is 4.76. The van der Waals surface area contributed by atoms with Gasteiger partial charge in [-0.05, 0) is 56.2 Å². The first-order valence-electron chi connectivity index (χ1n) is 11.7. The topological polar surface area (TPSA) is 82.8 Å². The Hall–Kier alpha value is -1.35. The van der Waals surface area contributed by atoms with Crippen LogP contribution in [0.4, 0.5) is 0 Å². The van der Waals surface area contributed by atoms with E-state index in [0.717, 1.165) is 50.9 Å². The predicted octanol–water partition coefficient (Wildman–Crippen LogP) is 3.64. The van der Waals surface area contributed by atoms with Crippen molar-refractivity contribution in [3.05, 3.63) is 35.4 Å². The quantitative estimate of drug-likeness (QED) is 0.280. The van der Waals surface area contributed by atoms with E-state index in [-0.39, 0.29) is 35.8 Å². The summed E-state index contributed by atoms with van der Waals surface area (Å²) in [6.07, 6.45) is 7.05. The van der Waals surface area contributed by atoms with Gasteiger partial charge in [0.15, 0.2) is 5.96 Å². The maximum atomic E-state index is 11.5. The van der Waals surface area contributed by atoms with Gasteiger partial charge in [-0.25, -0.2) is 4.99 Å². The molecule has 0 radical (unpaired) electrons. The van der Waals surface area contributed by atoms with Crippen LogP contribution in [-0.2, 0) is 17.9 Å². The van der Waals surface area contributed by atoms with Crippen LogP contribution in [0.3, 0.4) is 0 Å². The molecule has 3 atom stereocenters. The highest BCUT2D eigenvalue weighted by molar-refractivity contribution is 14.0. The summed E-state index contributed by atoms with van der Waals surface area (Å²) in [5, 5.41) is 7.04. The largest absolute Gasteiger partial charge is 0.369 e. The van der Waals surface area contributed by atoms with E-state index in [1.165, 1.54) is 36.8 Å². The Bertz CT molecular complexity index is 726. The van der Waals surface area contributed by atoms with Crippen molar-refractivity contribution in [1.29, 1.82) is 0 Å². The average Bonchev–Trinajstić information content (AvgIpc) is 2.73. The maximum Gasteiger partial charge on any atom is 0.221 e. The van der Waals surface area contributed by atoms with Crippen molar-refractivity contribution in [2.45, 2.75) is 71.5 Å². The summed E-state index contributed by atoms with van der Waals surface area (Å²) in [4.78, 5) is 18.7. The standard InChI is InChI=1S/C24H39N5O.HI/c1-3-26-24(28-22-11-4-7-18(2)13-22)27-15-19-8-5-9-20(14-19)16-29-12-6-10-21(17-29)23(25)30;/h5,8-9,14,18,21-22H,3-4,6-7,10-13,15-17H2,1-2H3,(H2,25,30)(H2,26,27,28);1H. The van der Waals surface area contributed by atoms with E-state index in [1.54, 1.807) is 0 Å². The van der Waals surface area contributed by atoms with E-state index in [4.69, 9.17) is 10.7 Å². The lowest BCUT2D eigenvalue weighted by Gasteiger charge is -2.31. The molecule has 2 fully saturated rings. The Labute approximate surface area is 204 Å². The molecule has 4 N–H and O–H groups in total. The third-order valence-corrected chi connectivity index (χ3v) is 6.35. The SMILES string of the molecule is CCNC(=NCc1cccc(CN2CCCC(C(N)=O)C2)c1)NC1CCCC(C)C1.I. The highest BCUT2D eigenvalue weighted by atomic mass is 127. The molecule has 2 aliphatic rings. The van der Waals surface area contributed by atoms with Gasteiger partial charge in [-0.15, -0.1) is 24.0 Å². The number of nitrogens with two attached hydrogens (primary N) is 1. The summed E-state index contributed by atoms with van der Waals surface area (Å²) in [5.41, 5.74) is 8.01. The average molecular weight is 542 g/mol. The molecule has 0 aromatic heterocycles. The number of nitrogens with zero attached hydrogens (tertiary/aromatic N) is 2. The van der Waals surface area contributed by atoms with Crippen molar-refractivity contribution < 1.29 is 4.79 Å². The number of amides is 1. The molecular weight excluding hydrogens is 501 g/mol. The molecule has 1 saturated heterocycles. The number of benzene rings is 1. The molecule has 31 heavy (non-hydrogen) atoms. The number of likely N-dealkylation sites (tertiary alicyclic amines) is 1. The summed E-state index contributed by atoms with van der Waals surface area (Å²) in [7, 11) is 0. The third-order valence-electron chi connectivity index (χ3n) is 6.35. The van der Waals surface area contributed by atoms with Crippen LogP contribution in [0.5, 0.6) is 0 Å². The molecule has 6 nitrogen and oxygen atoms in total. The number of halogens is 1. The summed E-state index contributed by atoms with van der Waals surface area (Å²) in [5.74, 6) is 1.53. The van der Waals surface area contributed by atoms with E-state index in [9.17, 15) is 4.79 Å². The Kier molecular flexibility index (Phi) is 11.1. The molecule has 3 unspecified atom stereocenters. The summed E-state index contributed by atoms with van der Waals surface area (Å²) < 4.78 is 0. The van der Waals surface area contributed by atoms with Crippen molar-refractivity contribution in [2.24, 2.45) is 22.6 Å². The fourth-order valence-corrected chi connectivity index (χ4v) is 4.76. The van der Waals surface area contributed by atoms with Crippen molar-refractivity contribution in [3.8, 4) is 0 Å². The number of carbonyl (C=O) groups is 1.